The summed E-state index contributed by atoms with van der Waals surface area (Å²) in [5, 5.41) is 9.22. The Labute approximate surface area is 301 Å². The number of benzene rings is 3. The van der Waals surface area contributed by atoms with Crippen molar-refractivity contribution in [1.29, 1.82) is 0 Å². The second kappa shape index (κ2) is 16.0. The van der Waals surface area contributed by atoms with Crippen LogP contribution in [0.3, 0.4) is 0 Å². The fourth-order valence-corrected chi connectivity index (χ4v) is 8.97. The minimum Gasteiger partial charge on any atom is -0.489 e. The van der Waals surface area contributed by atoms with Crippen molar-refractivity contribution in [2.45, 2.75) is 103 Å². The molecule has 6 nitrogen and oxygen atoms in total. The number of rotatable bonds is 9. The summed E-state index contributed by atoms with van der Waals surface area (Å²) in [5.74, 6) is -1.29. The lowest BCUT2D eigenvalue weighted by Crippen LogP contribution is -2.48. The van der Waals surface area contributed by atoms with Crippen LogP contribution in [-0.4, -0.2) is 71.9 Å². The molecule has 1 spiro atoms. The van der Waals surface area contributed by atoms with Crippen LogP contribution in [0.1, 0.15) is 100 Å². The highest BCUT2D eigenvalue weighted by Crippen LogP contribution is 2.45. The number of fused-ring (bicyclic) bond motifs is 1. The molecule has 3 heterocycles. The minimum atomic E-state index is -1.56. The van der Waals surface area contributed by atoms with Gasteiger partial charge in [0.15, 0.2) is 0 Å². The van der Waals surface area contributed by atoms with Gasteiger partial charge in [0.2, 0.25) is 0 Å². The van der Waals surface area contributed by atoms with Gasteiger partial charge in [0.25, 0.3) is 0 Å². The van der Waals surface area contributed by atoms with Crippen LogP contribution in [0.15, 0.2) is 60.7 Å². The van der Waals surface area contributed by atoms with Crippen LogP contribution in [0, 0.1) is 17.0 Å². The first-order chi connectivity index (χ1) is 24.4. The van der Waals surface area contributed by atoms with Crippen molar-refractivity contribution in [1.82, 2.24) is 9.80 Å². The molecule has 3 aromatic rings. The molecule has 276 valence electrons. The number of halogens is 3. The first kappa shape index (κ1) is 37.2. The van der Waals surface area contributed by atoms with Crippen LogP contribution in [-0.2, 0) is 17.8 Å². The van der Waals surface area contributed by atoms with Gasteiger partial charge in [-0.25, -0.2) is 13.2 Å². The SMILES string of the molecule is C[C@@H]1Cc2cc(OCc3ccccc3)ccc2C(c2c(F)cc(N3CCCC4(CCCN(CC(=O)O)CCC4)CCC3)cc2F)N1CC(C)(C)F. The zero-order valence-corrected chi connectivity index (χ0v) is 30.5. The maximum Gasteiger partial charge on any atom is 0.317 e. The molecule has 2 saturated heterocycles. The van der Waals surface area contributed by atoms with Crippen molar-refractivity contribution < 1.29 is 27.8 Å². The molecule has 2 fully saturated rings. The number of likely N-dealkylation sites (tertiary alicyclic amines) is 1. The van der Waals surface area contributed by atoms with Crippen LogP contribution in [0.25, 0.3) is 0 Å². The van der Waals surface area contributed by atoms with Crippen LogP contribution in [0.2, 0.25) is 0 Å². The number of carbonyl (C=O) groups is 1. The molecular weight excluding hydrogens is 651 g/mol. The fourth-order valence-electron chi connectivity index (χ4n) is 8.97. The van der Waals surface area contributed by atoms with E-state index in [2.05, 4.69) is 9.80 Å². The van der Waals surface area contributed by atoms with Crippen molar-refractivity contribution in [3.8, 4) is 5.75 Å². The first-order valence-corrected chi connectivity index (χ1v) is 18.8. The second-order valence-corrected chi connectivity index (χ2v) is 15.9. The van der Waals surface area contributed by atoms with Gasteiger partial charge in [0.05, 0.1) is 12.6 Å². The lowest BCUT2D eigenvalue weighted by atomic mass is 9.70. The largest absolute Gasteiger partial charge is 0.489 e. The van der Waals surface area contributed by atoms with E-state index < -0.39 is 29.3 Å². The highest BCUT2D eigenvalue weighted by molar-refractivity contribution is 5.69. The van der Waals surface area contributed by atoms with E-state index in [1.807, 2.05) is 60.4 Å². The number of hydrogen-bond donors (Lipinski definition) is 1. The van der Waals surface area contributed by atoms with E-state index in [0.29, 0.717) is 24.5 Å². The van der Waals surface area contributed by atoms with Crippen molar-refractivity contribution >= 4 is 11.7 Å². The van der Waals surface area contributed by atoms with Gasteiger partial charge < -0.3 is 14.7 Å². The molecule has 1 unspecified atom stereocenters. The van der Waals surface area contributed by atoms with Crippen LogP contribution >= 0.6 is 0 Å². The number of aliphatic carboxylic acids is 1. The Hall–Kier alpha value is -3.56. The summed E-state index contributed by atoms with van der Waals surface area (Å²) in [6.45, 7) is 8.67. The number of anilines is 1. The van der Waals surface area contributed by atoms with Gasteiger partial charge in [-0.2, -0.15) is 0 Å². The summed E-state index contributed by atoms with van der Waals surface area (Å²) in [5.41, 5.74) is 1.99. The summed E-state index contributed by atoms with van der Waals surface area (Å²) in [6.07, 6.45) is 8.79. The van der Waals surface area contributed by atoms with Crippen molar-refractivity contribution in [3.63, 3.8) is 0 Å². The smallest absolute Gasteiger partial charge is 0.317 e. The van der Waals surface area contributed by atoms with Crippen molar-refractivity contribution in [3.05, 3.63) is 94.6 Å². The summed E-state index contributed by atoms with van der Waals surface area (Å²) < 4.78 is 54.3. The third-order valence-corrected chi connectivity index (χ3v) is 11.3. The number of nitrogens with zero attached hydrogens (tertiary/aromatic N) is 3. The zero-order valence-electron chi connectivity index (χ0n) is 30.5. The monoisotopic (exact) mass is 705 g/mol. The van der Waals surface area contributed by atoms with Gasteiger partial charge in [0.1, 0.15) is 29.7 Å². The molecule has 3 aromatic carbocycles. The topological polar surface area (TPSA) is 56.3 Å². The van der Waals surface area contributed by atoms with E-state index in [4.69, 9.17) is 4.74 Å². The molecule has 0 radical (unpaired) electrons. The summed E-state index contributed by atoms with van der Waals surface area (Å²) in [4.78, 5) is 17.3. The maximum absolute atomic E-state index is 16.5. The van der Waals surface area contributed by atoms with E-state index in [1.165, 1.54) is 26.0 Å². The first-order valence-electron chi connectivity index (χ1n) is 18.8. The molecule has 0 amide bonds. The Morgan fingerprint density at radius 3 is 2.10 bits per heavy atom. The highest BCUT2D eigenvalue weighted by Gasteiger charge is 2.40. The Kier molecular flexibility index (Phi) is 11.7. The Balaban J connectivity index is 1.20. The predicted octanol–water partition coefficient (Wildman–Crippen LogP) is 8.96. The normalized spacial score (nSPS) is 22.0. The third kappa shape index (κ3) is 9.28. The second-order valence-electron chi connectivity index (χ2n) is 15.9. The molecule has 0 aromatic heterocycles. The lowest BCUT2D eigenvalue weighted by Gasteiger charge is -2.44. The van der Waals surface area contributed by atoms with Gasteiger partial charge >= 0.3 is 5.97 Å². The summed E-state index contributed by atoms with van der Waals surface area (Å²) in [7, 11) is 0. The zero-order chi connectivity index (χ0) is 36.2. The molecule has 0 saturated carbocycles. The molecule has 2 atom stereocenters. The van der Waals surface area contributed by atoms with Gasteiger partial charge in [-0.1, -0.05) is 36.4 Å². The number of carboxylic acid groups (broad SMARTS) is 1. The summed E-state index contributed by atoms with van der Waals surface area (Å²) in [6, 6.07) is 17.7. The molecule has 3 aliphatic heterocycles. The number of carboxylic acids is 1. The molecule has 51 heavy (non-hydrogen) atoms. The maximum atomic E-state index is 16.5. The average Bonchev–Trinajstić information content (AvgIpc) is 3.04. The Morgan fingerprint density at radius 1 is 0.902 bits per heavy atom. The molecular formula is C42H54F3N3O3. The minimum absolute atomic E-state index is 0.0359. The van der Waals surface area contributed by atoms with E-state index in [-0.39, 0.29) is 30.1 Å². The van der Waals surface area contributed by atoms with Gasteiger partial charge in [-0.15, -0.1) is 0 Å². The molecule has 6 rings (SSSR count). The standard InChI is InChI=1S/C42H54F3N3O3/c1-30-23-32-24-34(51-28-31-11-5-4-6-12-31)13-14-35(32)40(48(30)29-41(2,3)45)39-36(43)25-33(26-37(39)44)47-21-9-17-42(18-10-22-47)15-7-19-46(20-8-16-42)27-38(49)50/h4-6,11-14,24-26,30,40H,7-10,15-23,27-29H2,1-3H3,(H,49,50)/t30-,40?/m1/s1. The van der Waals surface area contributed by atoms with E-state index in [0.717, 1.165) is 94.2 Å². The molecule has 1 N–H and O–H groups in total. The lowest BCUT2D eigenvalue weighted by molar-refractivity contribution is -0.138. The number of hydrogen-bond acceptors (Lipinski definition) is 5. The summed E-state index contributed by atoms with van der Waals surface area (Å²) >= 11 is 0. The van der Waals surface area contributed by atoms with Gasteiger partial charge in [0, 0.05) is 36.9 Å². The number of alkyl halides is 1. The number of ether oxygens (including phenoxy) is 1. The molecule has 9 heteroatoms. The van der Waals surface area contributed by atoms with Gasteiger partial charge in [-0.3, -0.25) is 14.6 Å². The Bertz CT molecular complexity index is 1600. The van der Waals surface area contributed by atoms with E-state index in [9.17, 15) is 9.90 Å². The van der Waals surface area contributed by atoms with Crippen molar-refractivity contribution in [2.24, 2.45) is 5.41 Å². The molecule has 3 aliphatic rings. The van der Waals surface area contributed by atoms with Gasteiger partial charge in [-0.05, 0) is 138 Å². The third-order valence-electron chi connectivity index (χ3n) is 11.3. The predicted molar refractivity (Wildman–Crippen MR) is 196 cm³/mol. The van der Waals surface area contributed by atoms with E-state index in [1.54, 1.807) is 0 Å². The molecule has 0 bridgehead atoms. The average molecular weight is 706 g/mol. The Morgan fingerprint density at radius 2 is 1.51 bits per heavy atom. The van der Waals surface area contributed by atoms with E-state index >= 15 is 13.2 Å². The molecule has 0 aliphatic carbocycles. The highest BCUT2D eigenvalue weighted by atomic mass is 19.1. The fraction of sp³-hybridized carbons (Fsp3) is 0.548. The van der Waals surface area contributed by atoms with Crippen LogP contribution in [0.5, 0.6) is 5.75 Å². The van der Waals surface area contributed by atoms with Crippen LogP contribution < -0.4 is 9.64 Å². The van der Waals surface area contributed by atoms with Crippen LogP contribution in [0.4, 0.5) is 18.9 Å². The quantitative estimate of drug-likeness (QED) is 0.240. The van der Waals surface area contributed by atoms with Crippen molar-refractivity contribution in [2.75, 3.05) is 44.2 Å².